The summed E-state index contributed by atoms with van der Waals surface area (Å²) >= 11 is 8.80. The number of ketones is 1. The molecule has 0 saturated carbocycles. The summed E-state index contributed by atoms with van der Waals surface area (Å²) < 4.78 is 1.02. The number of hydrogen-bond donors (Lipinski definition) is 3. The van der Waals surface area contributed by atoms with Gasteiger partial charge in [-0.05, 0) is 54.3 Å². The number of nitrogen functional groups attached to an aromatic ring is 1. The van der Waals surface area contributed by atoms with Crippen LogP contribution in [0.3, 0.4) is 0 Å². The molecule has 0 radical (unpaired) electrons. The molecule has 4 N–H and O–H groups in total. The van der Waals surface area contributed by atoms with E-state index in [9.17, 15) is 4.79 Å². The molecule has 0 atom stereocenters. The molecule has 0 amide bonds. The predicted molar refractivity (Wildman–Crippen MR) is 121 cm³/mol. The number of hydrogen-bond acceptors (Lipinski definition) is 7. The van der Waals surface area contributed by atoms with Crippen LogP contribution in [0.5, 0.6) is 0 Å². The van der Waals surface area contributed by atoms with E-state index in [2.05, 4.69) is 20.3 Å². The van der Waals surface area contributed by atoms with Crippen molar-refractivity contribution in [2.45, 2.75) is 6.92 Å². The van der Waals surface area contributed by atoms with E-state index in [4.69, 9.17) is 17.3 Å². The number of aromatic nitrogens is 3. The van der Waals surface area contributed by atoms with Crippen LogP contribution in [0.25, 0.3) is 21.1 Å². The maximum absolute atomic E-state index is 13.2. The molecule has 0 bridgehead atoms. The Morgan fingerprint density at radius 2 is 2.03 bits per heavy atom. The number of aromatic amines is 1. The van der Waals surface area contributed by atoms with Gasteiger partial charge >= 0.3 is 0 Å². The van der Waals surface area contributed by atoms with E-state index >= 15 is 0 Å². The number of carbonyl (C=O) groups is 1. The number of thiophene rings is 1. The Kier molecular flexibility index (Phi) is 4.27. The number of benzene rings is 2. The number of nitrogens with one attached hydrogen (secondary N) is 2. The number of H-pyrrole nitrogens is 1. The summed E-state index contributed by atoms with van der Waals surface area (Å²) in [6.07, 6.45) is 1.65. The summed E-state index contributed by atoms with van der Waals surface area (Å²) in [5.74, 6) is 0.104. The van der Waals surface area contributed by atoms with Crippen LogP contribution in [0.2, 0.25) is 5.02 Å². The fourth-order valence-electron chi connectivity index (χ4n) is 3.20. The Balaban J connectivity index is 1.48. The fraction of sp³-hybridized carbons (Fsp3) is 0.0500. The number of nitrogens with zero attached hydrogens (tertiary/aromatic N) is 2. The van der Waals surface area contributed by atoms with E-state index in [0.29, 0.717) is 19.9 Å². The molecule has 0 spiro atoms. The molecule has 3 heterocycles. The highest BCUT2D eigenvalue weighted by Gasteiger charge is 2.23. The average molecular weight is 440 g/mol. The second-order valence-electron chi connectivity index (χ2n) is 6.52. The Hall–Kier alpha value is -2.94. The van der Waals surface area contributed by atoms with Crippen molar-refractivity contribution in [3.05, 3.63) is 63.1 Å². The minimum Gasteiger partial charge on any atom is -0.382 e. The van der Waals surface area contributed by atoms with Gasteiger partial charge in [0.25, 0.3) is 0 Å². The molecule has 9 heteroatoms. The van der Waals surface area contributed by atoms with Crippen LogP contribution in [0.4, 0.5) is 16.6 Å². The first-order chi connectivity index (χ1) is 14.0. The van der Waals surface area contributed by atoms with Gasteiger partial charge in [0.2, 0.25) is 5.78 Å². The second kappa shape index (κ2) is 6.84. The van der Waals surface area contributed by atoms with Crippen molar-refractivity contribution in [1.82, 2.24) is 15.0 Å². The Morgan fingerprint density at radius 1 is 1.17 bits per heavy atom. The van der Waals surface area contributed by atoms with Crippen LogP contribution in [-0.2, 0) is 0 Å². The number of aryl methyl sites for hydroxylation is 1. The lowest BCUT2D eigenvalue weighted by molar-refractivity contribution is 0.104. The molecule has 5 aromatic rings. The molecule has 3 aromatic heterocycles. The van der Waals surface area contributed by atoms with Crippen molar-refractivity contribution >= 4 is 77.8 Å². The zero-order valence-corrected chi connectivity index (χ0v) is 17.5. The molecule has 5 rings (SSSR count). The van der Waals surface area contributed by atoms with Crippen molar-refractivity contribution in [3.8, 4) is 0 Å². The SMILES string of the molecule is Cc1c(C(=O)c2sc(Nc3ccc4nc[nH]c4c3)nc2N)sc2ccc(Cl)cc12. The number of nitrogens with two attached hydrogens (primary N) is 1. The van der Waals surface area contributed by atoms with Crippen LogP contribution in [0, 0.1) is 6.92 Å². The van der Waals surface area contributed by atoms with E-state index in [1.165, 1.54) is 22.7 Å². The van der Waals surface area contributed by atoms with Crippen LogP contribution in [0.15, 0.2) is 42.7 Å². The van der Waals surface area contributed by atoms with Crippen molar-refractivity contribution in [2.75, 3.05) is 11.1 Å². The highest BCUT2D eigenvalue weighted by Crippen LogP contribution is 2.37. The first kappa shape index (κ1) is 18.1. The first-order valence-corrected chi connectivity index (χ1v) is 10.7. The second-order valence-corrected chi connectivity index (χ2v) is 9.01. The molecular weight excluding hydrogens is 426 g/mol. The van der Waals surface area contributed by atoms with Gasteiger partial charge in [0.15, 0.2) is 5.13 Å². The number of anilines is 3. The zero-order valence-electron chi connectivity index (χ0n) is 15.1. The minimum absolute atomic E-state index is 0.119. The largest absolute Gasteiger partial charge is 0.382 e. The predicted octanol–water partition coefficient (Wildman–Crippen LogP) is 5.75. The van der Waals surface area contributed by atoms with E-state index in [1.807, 2.05) is 43.3 Å². The molecule has 6 nitrogen and oxygen atoms in total. The monoisotopic (exact) mass is 439 g/mol. The van der Waals surface area contributed by atoms with Crippen molar-refractivity contribution in [1.29, 1.82) is 0 Å². The lowest BCUT2D eigenvalue weighted by Gasteiger charge is -2.01. The number of imidazole rings is 1. The molecular formula is C20H14ClN5OS2. The Morgan fingerprint density at radius 3 is 2.90 bits per heavy atom. The molecule has 0 fully saturated rings. The van der Waals surface area contributed by atoms with Crippen molar-refractivity contribution in [3.63, 3.8) is 0 Å². The first-order valence-electron chi connectivity index (χ1n) is 8.69. The minimum atomic E-state index is -0.119. The van der Waals surface area contributed by atoms with Gasteiger partial charge in [-0.1, -0.05) is 22.9 Å². The van der Waals surface area contributed by atoms with Gasteiger partial charge in [0.1, 0.15) is 10.7 Å². The van der Waals surface area contributed by atoms with Gasteiger partial charge in [-0.2, -0.15) is 0 Å². The number of carbonyl (C=O) groups excluding carboxylic acids is 1. The van der Waals surface area contributed by atoms with Crippen LogP contribution in [-0.4, -0.2) is 20.7 Å². The maximum atomic E-state index is 13.2. The van der Waals surface area contributed by atoms with Crippen molar-refractivity contribution < 1.29 is 4.79 Å². The van der Waals surface area contributed by atoms with Crippen LogP contribution < -0.4 is 11.1 Å². The third-order valence-electron chi connectivity index (χ3n) is 4.64. The maximum Gasteiger partial charge on any atom is 0.217 e. The molecule has 29 heavy (non-hydrogen) atoms. The number of thiazole rings is 1. The average Bonchev–Trinajstić information content (AvgIpc) is 3.39. The normalized spacial score (nSPS) is 11.4. The number of rotatable bonds is 4. The van der Waals surface area contributed by atoms with Gasteiger partial charge in [-0.3, -0.25) is 4.79 Å². The summed E-state index contributed by atoms with van der Waals surface area (Å²) in [6.45, 7) is 1.93. The lowest BCUT2D eigenvalue weighted by atomic mass is 10.1. The van der Waals surface area contributed by atoms with Gasteiger partial charge in [-0.25, -0.2) is 9.97 Å². The van der Waals surface area contributed by atoms with E-state index in [-0.39, 0.29) is 11.6 Å². The van der Waals surface area contributed by atoms with E-state index in [0.717, 1.165) is 32.4 Å². The molecule has 0 aliphatic carbocycles. The van der Waals surface area contributed by atoms with Crippen LogP contribution >= 0.6 is 34.3 Å². The molecule has 0 saturated heterocycles. The summed E-state index contributed by atoms with van der Waals surface area (Å²) in [6, 6.07) is 11.4. The van der Waals surface area contributed by atoms with Gasteiger partial charge in [0, 0.05) is 15.4 Å². The van der Waals surface area contributed by atoms with Gasteiger partial charge in [-0.15, -0.1) is 11.3 Å². The quantitative estimate of drug-likeness (QED) is 0.309. The third kappa shape index (κ3) is 3.15. The van der Waals surface area contributed by atoms with E-state index < -0.39 is 0 Å². The summed E-state index contributed by atoms with van der Waals surface area (Å²) in [4.78, 5) is 25.9. The number of halogens is 1. The third-order valence-corrected chi connectivity index (χ3v) is 7.13. The summed E-state index contributed by atoms with van der Waals surface area (Å²) in [5, 5.41) is 5.41. The molecule has 144 valence electrons. The topological polar surface area (TPSA) is 96.7 Å². The van der Waals surface area contributed by atoms with Crippen molar-refractivity contribution in [2.24, 2.45) is 0 Å². The summed E-state index contributed by atoms with van der Waals surface area (Å²) in [7, 11) is 0. The highest BCUT2D eigenvalue weighted by atomic mass is 35.5. The van der Waals surface area contributed by atoms with E-state index in [1.54, 1.807) is 6.33 Å². The highest BCUT2D eigenvalue weighted by molar-refractivity contribution is 7.23. The zero-order chi connectivity index (χ0) is 20.1. The van der Waals surface area contributed by atoms with Gasteiger partial charge in [0.05, 0.1) is 22.2 Å². The fourth-order valence-corrected chi connectivity index (χ4v) is 5.42. The smallest absolute Gasteiger partial charge is 0.217 e. The molecule has 0 aliphatic rings. The number of fused-ring (bicyclic) bond motifs is 2. The Bertz CT molecular complexity index is 1400. The summed E-state index contributed by atoms with van der Waals surface area (Å²) in [5.41, 5.74) is 9.62. The Labute approximate surface area is 178 Å². The molecule has 0 unspecified atom stereocenters. The lowest BCUT2D eigenvalue weighted by Crippen LogP contribution is -2.01. The molecule has 2 aromatic carbocycles. The standard InChI is InChI=1S/C20H14ClN5OS2/c1-9-12-6-10(21)2-5-15(12)28-17(9)16(27)18-19(22)26-20(29-18)25-11-3-4-13-14(7-11)24-8-23-13/h2-8H,22H2,1H3,(H,23,24)(H,25,26). The van der Waals surface area contributed by atoms with Gasteiger partial charge < -0.3 is 16.0 Å². The molecule has 0 aliphatic heterocycles. The van der Waals surface area contributed by atoms with Crippen LogP contribution in [0.1, 0.15) is 20.1 Å².